The summed E-state index contributed by atoms with van der Waals surface area (Å²) in [4.78, 5) is 13.2. The molecule has 2 aromatic heterocycles. The van der Waals surface area contributed by atoms with Crippen LogP contribution in [0.2, 0.25) is 5.02 Å². The summed E-state index contributed by atoms with van der Waals surface area (Å²) in [5.74, 6) is 1.82. The number of furan rings is 1. The first-order valence-electron chi connectivity index (χ1n) is 9.21. The Morgan fingerprint density at radius 1 is 1.17 bits per heavy atom. The lowest BCUT2D eigenvalue weighted by atomic mass is 10.2. The van der Waals surface area contributed by atoms with Crippen LogP contribution in [-0.2, 0) is 4.79 Å². The van der Waals surface area contributed by atoms with Crippen LogP contribution in [0.15, 0.2) is 62.3 Å². The fraction of sp³-hybridized carbons (Fsp3) is 0.190. The minimum Gasteiger partial charge on any atom is -0.493 e. The van der Waals surface area contributed by atoms with Crippen LogP contribution in [0.3, 0.4) is 0 Å². The van der Waals surface area contributed by atoms with Gasteiger partial charge in [0.2, 0.25) is 5.91 Å². The Bertz CT molecular complexity index is 1160. The average molecular weight is 444 g/mol. The Morgan fingerprint density at radius 2 is 2.00 bits per heavy atom. The number of halogens is 1. The first kappa shape index (κ1) is 20.3. The molecule has 4 rings (SSSR count). The van der Waals surface area contributed by atoms with Gasteiger partial charge in [-0.25, -0.2) is 0 Å². The standard InChI is InChI=1S/C21H18ClN3O4S/c1-27-16-5-2-4-13-12-17(28-19(13)16)20-24-25-21(29-20)23-18(26)6-3-11-30-15-9-7-14(22)8-10-15/h2,4-5,7-10,12H,3,6,11H2,1H3,(H,23,25,26). The molecule has 2 heterocycles. The van der Waals surface area contributed by atoms with Gasteiger partial charge in [0.25, 0.3) is 5.89 Å². The van der Waals surface area contributed by atoms with Crippen molar-refractivity contribution in [2.45, 2.75) is 17.7 Å². The number of amides is 1. The number of hydrogen-bond donors (Lipinski definition) is 1. The van der Waals surface area contributed by atoms with Crippen LogP contribution < -0.4 is 10.1 Å². The molecule has 0 saturated heterocycles. The number of methoxy groups -OCH3 is 1. The maximum absolute atomic E-state index is 12.1. The Morgan fingerprint density at radius 3 is 2.80 bits per heavy atom. The van der Waals surface area contributed by atoms with Gasteiger partial charge in [-0.15, -0.1) is 16.9 Å². The number of fused-ring (bicyclic) bond motifs is 1. The van der Waals surface area contributed by atoms with Gasteiger partial charge < -0.3 is 13.6 Å². The Hall–Kier alpha value is -2.97. The molecular weight excluding hydrogens is 426 g/mol. The molecule has 2 aromatic carbocycles. The lowest BCUT2D eigenvalue weighted by Crippen LogP contribution is -2.11. The summed E-state index contributed by atoms with van der Waals surface area (Å²) in [6.45, 7) is 0. The highest BCUT2D eigenvalue weighted by atomic mass is 35.5. The van der Waals surface area contributed by atoms with Crippen LogP contribution in [0.1, 0.15) is 12.8 Å². The molecule has 0 radical (unpaired) electrons. The van der Waals surface area contributed by atoms with E-state index >= 15 is 0 Å². The lowest BCUT2D eigenvalue weighted by molar-refractivity contribution is -0.116. The third-order valence-electron chi connectivity index (χ3n) is 4.24. The van der Waals surface area contributed by atoms with Gasteiger partial charge >= 0.3 is 6.01 Å². The molecule has 0 aliphatic heterocycles. The summed E-state index contributed by atoms with van der Waals surface area (Å²) in [5, 5.41) is 12.0. The van der Waals surface area contributed by atoms with Crippen LogP contribution in [0.4, 0.5) is 6.01 Å². The number of hydrogen-bond acceptors (Lipinski definition) is 7. The van der Waals surface area contributed by atoms with E-state index in [1.165, 1.54) is 0 Å². The van der Waals surface area contributed by atoms with Crippen molar-refractivity contribution >= 4 is 46.3 Å². The normalized spacial score (nSPS) is 11.0. The van der Waals surface area contributed by atoms with E-state index in [-0.39, 0.29) is 17.8 Å². The SMILES string of the molecule is COc1cccc2cc(-c3nnc(NC(=O)CCCSc4ccc(Cl)cc4)o3)oc12. The third kappa shape index (κ3) is 4.77. The highest BCUT2D eigenvalue weighted by Crippen LogP contribution is 2.33. The molecule has 0 fully saturated rings. The van der Waals surface area contributed by atoms with Crippen LogP contribution in [-0.4, -0.2) is 29.0 Å². The fourth-order valence-corrected chi connectivity index (χ4v) is 3.79. The highest BCUT2D eigenvalue weighted by Gasteiger charge is 2.16. The van der Waals surface area contributed by atoms with Crippen molar-refractivity contribution in [3.05, 3.63) is 53.6 Å². The Balaban J connectivity index is 1.31. The zero-order valence-corrected chi connectivity index (χ0v) is 17.6. The third-order valence-corrected chi connectivity index (χ3v) is 5.59. The van der Waals surface area contributed by atoms with Gasteiger partial charge in [-0.1, -0.05) is 28.8 Å². The molecule has 0 aliphatic rings. The number of aromatic nitrogens is 2. The van der Waals surface area contributed by atoms with Crippen molar-refractivity contribution in [1.82, 2.24) is 10.2 Å². The molecule has 0 bridgehead atoms. The van der Waals surface area contributed by atoms with Crippen molar-refractivity contribution in [2.24, 2.45) is 0 Å². The molecule has 0 saturated carbocycles. The minimum atomic E-state index is -0.187. The Kier molecular flexibility index (Phi) is 6.25. The topological polar surface area (TPSA) is 90.4 Å². The number of nitrogens with one attached hydrogen (secondary N) is 1. The van der Waals surface area contributed by atoms with Crippen molar-refractivity contribution < 1.29 is 18.4 Å². The summed E-state index contributed by atoms with van der Waals surface area (Å²) in [5.41, 5.74) is 0.594. The fourth-order valence-electron chi connectivity index (χ4n) is 2.81. The number of anilines is 1. The molecule has 4 aromatic rings. The maximum Gasteiger partial charge on any atom is 0.322 e. The molecule has 9 heteroatoms. The second kappa shape index (κ2) is 9.23. The van der Waals surface area contributed by atoms with Crippen LogP contribution in [0.25, 0.3) is 22.6 Å². The van der Waals surface area contributed by atoms with E-state index in [1.54, 1.807) is 31.0 Å². The van der Waals surface area contributed by atoms with Gasteiger partial charge in [0.1, 0.15) is 0 Å². The van der Waals surface area contributed by atoms with E-state index < -0.39 is 0 Å². The molecule has 0 unspecified atom stereocenters. The van der Waals surface area contributed by atoms with E-state index in [9.17, 15) is 4.79 Å². The molecule has 7 nitrogen and oxygen atoms in total. The number of carbonyl (C=O) groups is 1. The van der Waals surface area contributed by atoms with E-state index in [0.29, 0.717) is 35.0 Å². The number of benzene rings is 2. The zero-order valence-electron chi connectivity index (χ0n) is 16.1. The van der Waals surface area contributed by atoms with Crippen molar-refractivity contribution in [2.75, 3.05) is 18.2 Å². The first-order chi connectivity index (χ1) is 14.6. The van der Waals surface area contributed by atoms with Crippen molar-refractivity contribution in [3.8, 4) is 17.4 Å². The number of nitrogens with zero attached hydrogens (tertiary/aromatic N) is 2. The molecule has 0 spiro atoms. The zero-order chi connectivity index (χ0) is 20.9. The van der Waals surface area contributed by atoms with Gasteiger partial charge in [-0.2, -0.15) is 0 Å². The maximum atomic E-state index is 12.1. The number of thioether (sulfide) groups is 1. The molecule has 30 heavy (non-hydrogen) atoms. The first-order valence-corrected chi connectivity index (χ1v) is 10.6. The molecular formula is C21H18ClN3O4S. The van der Waals surface area contributed by atoms with E-state index in [1.807, 2.05) is 36.4 Å². The number of rotatable bonds is 8. The van der Waals surface area contributed by atoms with E-state index in [0.717, 1.165) is 16.0 Å². The number of ether oxygens (including phenoxy) is 1. The average Bonchev–Trinajstić information content (AvgIpc) is 3.39. The van der Waals surface area contributed by atoms with Crippen LogP contribution in [0, 0.1) is 0 Å². The smallest absolute Gasteiger partial charge is 0.322 e. The van der Waals surface area contributed by atoms with Crippen molar-refractivity contribution in [1.29, 1.82) is 0 Å². The predicted molar refractivity (Wildman–Crippen MR) is 116 cm³/mol. The minimum absolute atomic E-state index is 0.0350. The summed E-state index contributed by atoms with van der Waals surface area (Å²) in [7, 11) is 1.57. The monoisotopic (exact) mass is 443 g/mol. The summed E-state index contributed by atoms with van der Waals surface area (Å²) < 4.78 is 16.6. The predicted octanol–water partition coefficient (Wildman–Crippen LogP) is 5.66. The molecule has 1 amide bonds. The van der Waals surface area contributed by atoms with Crippen molar-refractivity contribution in [3.63, 3.8) is 0 Å². The molecule has 0 atom stereocenters. The second-order valence-electron chi connectivity index (χ2n) is 6.36. The van der Waals surface area contributed by atoms with Gasteiger partial charge in [-0.05, 0) is 48.6 Å². The largest absolute Gasteiger partial charge is 0.493 e. The van der Waals surface area contributed by atoms with Crippen LogP contribution in [0.5, 0.6) is 5.75 Å². The van der Waals surface area contributed by atoms with Gasteiger partial charge in [-0.3, -0.25) is 10.1 Å². The molecule has 154 valence electrons. The number of para-hydroxylation sites is 1. The highest BCUT2D eigenvalue weighted by molar-refractivity contribution is 7.99. The van der Waals surface area contributed by atoms with Gasteiger partial charge in [0.05, 0.1) is 7.11 Å². The van der Waals surface area contributed by atoms with Gasteiger partial charge in [0, 0.05) is 21.7 Å². The molecule has 1 N–H and O–H groups in total. The summed E-state index contributed by atoms with van der Waals surface area (Å²) in [6, 6.07) is 15.0. The quantitative estimate of drug-likeness (QED) is 0.277. The summed E-state index contributed by atoms with van der Waals surface area (Å²) in [6.07, 6.45) is 1.06. The number of carbonyl (C=O) groups excluding carboxylic acids is 1. The van der Waals surface area contributed by atoms with Crippen LogP contribution >= 0.6 is 23.4 Å². The Labute approximate surface area is 181 Å². The summed E-state index contributed by atoms with van der Waals surface area (Å²) >= 11 is 7.54. The second-order valence-corrected chi connectivity index (χ2v) is 7.96. The van der Waals surface area contributed by atoms with E-state index in [2.05, 4.69) is 15.5 Å². The van der Waals surface area contributed by atoms with Gasteiger partial charge in [0.15, 0.2) is 17.1 Å². The molecule has 0 aliphatic carbocycles. The lowest BCUT2D eigenvalue weighted by Gasteiger charge is -2.02. The van der Waals surface area contributed by atoms with E-state index in [4.69, 9.17) is 25.2 Å².